The first kappa shape index (κ1) is 48.9. The molecule has 5 heterocycles. The molecule has 3 aromatic rings. The number of aliphatic hydroxyl groups is 1. The molecule has 9 unspecified atom stereocenters. The van der Waals surface area contributed by atoms with Crippen molar-refractivity contribution in [3.63, 3.8) is 0 Å². The molecule has 0 aliphatic carbocycles. The molecule has 4 bridgehead atoms. The molecule has 0 radical (unpaired) electrons. The van der Waals surface area contributed by atoms with Gasteiger partial charge in [-0.25, -0.2) is 4.79 Å². The van der Waals surface area contributed by atoms with Gasteiger partial charge in [0.25, 0.3) is 0 Å². The van der Waals surface area contributed by atoms with Crippen LogP contribution in [0.2, 0.25) is 0 Å². The molecule has 9 atom stereocenters. The quantitative estimate of drug-likeness (QED) is 0.160. The molecule has 0 spiro atoms. The third-order valence-electron chi connectivity index (χ3n) is 12.2. The Bertz CT molecular complexity index is 2210. The summed E-state index contributed by atoms with van der Waals surface area (Å²) in [4.78, 5) is 102. The molecular formula is C48H61N7O11. The number of amides is 6. The number of hydrogen-bond donors (Lipinski definition) is 7. The topological polar surface area (TPSA) is 245 Å². The minimum Gasteiger partial charge on any atom is -0.487 e. The molecular weight excluding hydrogens is 851 g/mol. The normalized spacial score (nSPS) is 25.8. The van der Waals surface area contributed by atoms with E-state index in [9.17, 15) is 34.2 Å². The molecule has 1 saturated heterocycles. The second-order valence-electron chi connectivity index (χ2n) is 18.0. The summed E-state index contributed by atoms with van der Waals surface area (Å²) in [6, 6.07) is 13.0. The highest BCUT2D eigenvalue weighted by Gasteiger charge is 2.45. The number of carboxylic acids is 1. The Morgan fingerprint density at radius 2 is 1.41 bits per heavy atom. The Hall–Kier alpha value is -6.53. The van der Waals surface area contributed by atoms with Gasteiger partial charge in [0, 0.05) is 19.4 Å². The van der Waals surface area contributed by atoms with Gasteiger partial charge < -0.3 is 51.2 Å². The van der Waals surface area contributed by atoms with Crippen molar-refractivity contribution >= 4 is 41.4 Å². The van der Waals surface area contributed by atoms with Crippen molar-refractivity contribution in [2.24, 2.45) is 11.8 Å². The average Bonchev–Trinajstić information content (AvgIpc) is 3.78. The van der Waals surface area contributed by atoms with Crippen molar-refractivity contribution < 1.29 is 53.2 Å². The van der Waals surface area contributed by atoms with Crippen molar-refractivity contribution in [2.75, 3.05) is 27.2 Å². The molecule has 18 nitrogen and oxygen atoms in total. The van der Waals surface area contributed by atoms with Crippen molar-refractivity contribution in [1.82, 2.24) is 36.4 Å². The van der Waals surface area contributed by atoms with Crippen LogP contribution in [-0.2, 0) is 46.4 Å². The van der Waals surface area contributed by atoms with Crippen LogP contribution >= 0.6 is 0 Å². The Morgan fingerprint density at radius 1 is 0.788 bits per heavy atom. The zero-order valence-electron chi connectivity index (χ0n) is 38.1. The van der Waals surface area contributed by atoms with E-state index in [1.54, 1.807) is 91.8 Å². The predicted octanol–water partition coefficient (Wildman–Crippen LogP) is 1.10. The fourth-order valence-corrected chi connectivity index (χ4v) is 8.82. The van der Waals surface area contributed by atoms with Crippen LogP contribution in [0.4, 0.5) is 0 Å². The van der Waals surface area contributed by atoms with Crippen LogP contribution in [0.25, 0.3) is 0 Å². The minimum atomic E-state index is -1.55. The highest BCUT2D eigenvalue weighted by molar-refractivity contribution is 5.98. The molecule has 0 aromatic heterocycles. The van der Waals surface area contributed by atoms with Crippen molar-refractivity contribution in [1.29, 1.82) is 0 Å². The van der Waals surface area contributed by atoms with E-state index in [-0.39, 0.29) is 43.4 Å². The summed E-state index contributed by atoms with van der Waals surface area (Å²) in [6.07, 6.45) is -1.86. The molecule has 66 heavy (non-hydrogen) atoms. The number of benzene rings is 3. The maximum atomic E-state index is 15.2. The van der Waals surface area contributed by atoms with Gasteiger partial charge in [-0.05, 0) is 79.7 Å². The second-order valence-corrected chi connectivity index (χ2v) is 18.0. The number of rotatable bonds is 9. The van der Waals surface area contributed by atoms with Gasteiger partial charge in [0.15, 0.2) is 6.10 Å². The molecule has 18 heteroatoms. The summed E-state index contributed by atoms with van der Waals surface area (Å²) in [6.45, 7) is 6.72. The highest BCUT2D eigenvalue weighted by atomic mass is 16.5. The van der Waals surface area contributed by atoms with E-state index in [0.717, 1.165) is 0 Å². The van der Waals surface area contributed by atoms with E-state index in [1.807, 2.05) is 33.8 Å². The Balaban J connectivity index is 1.50. The summed E-state index contributed by atoms with van der Waals surface area (Å²) in [5, 5.41) is 33.9. The number of carbonyl (C=O) groups excluding carboxylic acids is 6. The molecule has 354 valence electrons. The van der Waals surface area contributed by atoms with Crippen molar-refractivity contribution in [2.45, 2.75) is 108 Å². The van der Waals surface area contributed by atoms with Crippen LogP contribution < -0.4 is 36.1 Å². The van der Waals surface area contributed by atoms with Crippen molar-refractivity contribution in [3.8, 4) is 11.5 Å². The number of likely N-dealkylation sites (N-methyl/N-ethyl adjacent to an activating group) is 1. The standard InChI is InChI=1S/C48H61N7O11/c1-26(2)39(54(5)6)46(61)52-37-40(27(3)4)65-32-20-16-30(17-21-32)41-38(53-42(57)33(49-45(37)60)23-28-11-8-7-9-12-28)47(62)55-22-10-13-36(55)44(59)51-35(25-56)43(58)50-34(48(63)64)24-29-14-18-31(66-41)19-15-29/h7-9,11-12,14-21,26-27,33-41,56H,10,13,22-25H2,1-6H3,(H,49,60)(H,50,58)(H,51,59)(H,52,61)(H,53,57)(H,63,64). The van der Waals surface area contributed by atoms with Gasteiger partial charge in [-0.1, -0.05) is 82.3 Å². The van der Waals surface area contributed by atoms with Crippen LogP contribution in [0, 0.1) is 11.8 Å². The fraction of sp³-hybridized carbons (Fsp3) is 0.479. The number of carbonyl (C=O) groups is 7. The Kier molecular flexibility index (Phi) is 16.0. The van der Waals surface area contributed by atoms with Crippen LogP contribution in [0.1, 0.15) is 63.3 Å². The number of fused-ring (bicyclic) bond motifs is 17. The predicted molar refractivity (Wildman–Crippen MR) is 241 cm³/mol. The number of aliphatic carboxylic acids is 1. The largest absolute Gasteiger partial charge is 0.487 e. The van der Waals surface area contributed by atoms with Gasteiger partial charge in [0.05, 0.1) is 12.6 Å². The van der Waals surface area contributed by atoms with Crippen LogP contribution in [0.3, 0.4) is 0 Å². The summed E-state index contributed by atoms with van der Waals surface area (Å²) in [7, 11) is 3.55. The van der Waals surface area contributed by atoms with E-state index < -0.39 is 103 Å². The number of hydrogen-bond acceptors (Lipinski definition) is 11. The molecule has 7 N–H and O–H groups in total. The molecule has 3 aromatic carbocycles. The maximum absolute atomic E-state index is 15.2. The lowest BCUT2D eigenvalue weighted by Crippen LogP contribution is -2.64. The monoisotopic (exact) mass is 911 g/mol. The SMILES string of the molecule is CC(C)C1Oc2ccc(cc2)C2Oc3ccc(cc3)CC(C(=O)O)NC(=O)C(CO)NC(=O)C3CCCN3C(=O)C2NC(=O)C(Cc2ccccc2)NC(=O)C1NC(=O)C(C(C)C)N(C)C. The van der Waals surface area contributed by atoms with Crippen LogP contribution in [0.5, 0.6) is 11.5 Å². The first-order chi connectivity index (χ1) is 31.4. The van der Waals surface area contributed by atoms with E-state index in [1.165, 1.54) is 4.90 Å². The van der Waals surface area contributed by atoms with Gasteiger partial charge in [-0.15, -0.1) is 0 Å². The van der Waals surface area contributed by atoms with Gasteiger partial charge in [-0.2, -0.15) is 0 Å². The summed E-state index contributed by atoms with van der Waals surface area (Å²) >= 11 is 0. The lowest BCUT2D eigenvalue weighted by Gasteiger charge is -2.36. The summed E-state index contributed by atoms with van der Waals surface area (Å²) < 4.78 is 13.2. The second kappa shape index (κ2) is 21.6. The average molecular weight is 912 g/mol. The first-order valence-corrected chi connectivity index (χ1v) is 22.3. The molecule has 6 amide bonds. The van der Waals surface area contributed by atoms with Crippen molar-refractivity contribution in [3.05, 3.63) is 95.6 Å². The maximum Gasteiger partial charge on any atom is 0.326 e. The zero-order chi connectivity index (χ0) is 47.8. The van der Waals surface area contributed by atoms with E-state index in [0.29, 0.717) is 28.9 Å². The number of ether oxygens (including phenoxy) is 2. The van der Waals surface area contributed by atoms with Gasteiger partial charge in [-0.3, -0.25) is 33.7 Å². The molecule has 8 rings (SSSR count). The Labute approximate surface area is 384 Å². The lowest BCUT2D eigenvalue weighted by atomic mass is 9.95. The number of aliphatic hydroxyl groups excluding tert-OH is 1. The Morgan fingerprint density at radius 3 is 2.02 bits per heavy atom. The van der Waals surface area contributed by atoms with Gasteiger partial charge in [0.2, 0.25) is 35.4 Å². The smallest absolute Gasteiger partial charge is 0.326 e. The number of carboxylic acid groups (broad SMARTS) is 1. The van der Waals surface area contributed by atoms with Gasteiger partial charge in [0.1, 0.15) is 53.9 Å². The minimum absolute atomic E-state index is 0.0308. The lowest BCUT2D eigenvalue weighted by molar-refractivity contribution is -0.145. The molecule has 0 saturated carbocycles. The number of nitrogens with zero attached hydrogens (tertiary/aromatic N) is 2. The van der Waals surface area contributed by atoms with Crippen LogP contribution in [0.15, 0.2) is 78.9 Å². The van der Waals surface area contributed by atoms with Gasteiger partial charge >= 0.3 is 5.97 Å². The number of nitrogens with one attached hydrogen (secondary N) is 5. The van der Waals surface area contributed by atoms with E-state index in [4.69, 9.17) is 9.47 Å². The molecule has 5 aliphatic heterocycles. The third kappa shape index (κ3) is 11.6. The molecule has 5 aliphatic rings. The fourth-order valence-electron chi connectivity index (χ4n) is 8.82. The first-order valence-electron chi connectivity index (χ1n) is 22.3. The third-order valence-corrected chi connectivity index (χ3v) is 12.2. The molecule has 1 fully saturated rings. The van der Waals surface area contributed by atoms with E-state index in [2.05, 4.69) is 26.6 Å². The zero-order valence-corrected chi connectivity index (χ0v) is 38.1. The highest BCUT2D eigenvalue weighted by Crippen LogP contribution is 2.32. The van der Waals surface area contributed by atoms with E-state index >= 15 is 9.59 Å². The summed E-state index contributed by atoms with van der Waals surface area (Å²) in [5.74, 6) is -5.55. The van der Waals surface area contributed by atoms with Crippen LogP contribution in [-0.4, -0.2) is 137 Å². The summed E-state index contributed by atoms with van der Waals surface area (Å²) in [5.41, 5.74) is 1.59.